The molecule has 28 nitrogen and oxygen atoms in total. The van der Waals surface area contributed by atoms with Crippen LogP contribution in [0.25, 0.3) is 0 Å². The lowest BCUT2D eigenvalue weighted by Crippen LogP contribution is -2.15. The van der Waals surface area contributed by atoms with Gasteiger partial charge in [0.15, 0.2) is 0 Å². The SMILES string of the molecule is CCOP(=O)(O)OCC(CC)COP(=O)(O)OCCOP(=O)(O)OCCOP(=O)(O)OCCOP(=O)(O)OCCOP(=O)(O)OCC(CC)COP(=O)(O)O. The van der Waals surface area contributed by atoms with Crippen LogP contribution in [0.5, 0.6) is 0 Å². The van der Waals surface area contributed by atoms with Crippen LogP contribution in [0.1, 0.15) is 33.6 Å². The highest BCUT2D eigenvalue weighted by Crippen LogP contribution is 2.49. The normalized spacial score (nSPS) is 20.3. The molecular formula is C20H49O28P7. The van der Waals surface area contributed by atoms with Crippen LogP contribution in [0, 0.1) is 11.8 Å². The van der Waals surface area contributed by atoms with Crippen molar-refractivity contribution in [3.8, 4) is 0 Å². The molecule has 55 heavy (non-hydrogen) atoms. The Bertz CT molecular complexity index is 1420. The Kier molecular flexibility index (Phi) is 27.2. The summed E-state index contributed by atoms with van der Waals surface area (Å²) >= 11 is 0. The van der Waals surface area contributed by atoms with Gasteiger partial charge in [0.2, 0.25) is 0 Å². The van der Waals surface area contributed by atoms with Crippen LogP contribution in [0.15, 0.2) is 0 Å². The first-order chi connectivity index (χ1) is 25.2. The Labute approximate surface area is 315 Å². The summed E-state index contributed by atoms with van der Waals surface area (Å²) < 4.78 is 141. The zero-order chi connectivity index (χ0) is 42.5. The Morgan fingerprint density at radius 3 is 0.727 bits per heavy atom. The number of hydrogen-bond acceptors (Lipinski definition) is 20. The third-order valence-electron chi connectivity index (χ3n) is 5.71. The fourth-order valence-electron chi connectivity index (χ4n) is 2.98. The van der Waals surface area contributed by atoms with Crippen molar-refractivity contribution in [1.82, 2.24) is 0 Å². The summed E-state index contributed by atoms with van der Waals surface area (Å²) in [6, 6.07) is 0. The summed E-state index contributed by atoms with van der Waals surface area (Å²) in [6.45, 7) is -3.47. The molecule has 332 valence electrons. The number of rotatable bonds is 36. The number of hydrogen-bond donors (Lipinski definition) is 8. The molecule has 0 saturated carbocycles. The average Bonchev–Trinajstić information content (AvgIpc) is 3.05. The molecule has 0 saturated heterocycles. The predicted molar refractivity (Wildman–Crippen MR) is 182 cm³/mol. The van der Waals surface area contributed by atoms with E-state index in [-0.39, 0.29) is 19.6 Å². The molecule has 0 aliphatic carbocycles. The minimum Gasteiger partial charge on any atom is -0.303 e. The van der Waals surface area contributed by atoms with Crippen LogP contribution in [-0.2, 0) is 90.8 Å². The summed E-state index contributed by atoms with van der Waals surface area (Å²) in [4.78, 5) is 75.3. The van der Waals surface area contributed by atoms with Crippen molar-refractivity contribution in [3.63, 3.8) is 0 Å². The second-order valence-corrected chi connectivity index (χ2v) is 20.1. The van der Waals surface area contributed by atoms with E-state index in [2.05, 4.69) is 49.8 Å². The highest BCUT2D eigenvalue weighted by Gasteiger charge is 2.30. The van der Waals surface area contributed by atoms with Gasteiger partial charge in [0.05, 0.1) is 85.9 Å². The zero-order valence-corrected chi connectivity index (χ0v) is 35.9. The van der Waals surface area contributed by atoms with E-state index >= 15 is 0 Å². The summed E-state index contributed by atoms with van der Waals surface area (Å²) in [7, 11) is -33.0. The quantitative estimate of drug-likeness (QED) is 0.0330. The molecule has 0 spiro atoms. The summed E-state index contributed by atoms with van der Waals surface area (Å²) in [6.07, 6.45) is 0.560. The smallest absolute Gasteiger partial charge is 0.303 e. The van der Waals surface area contributed by atoms with Crippen LogP contribution in [0.4, 0.5) is 0 Å². The fourth-order valence-corrected chi connectivity index (χ4v) is 7.79. The first kappa shape index (κ1) is 55.8. The standard InChI is InChI=1S/C20H49O28P7/c1-4-19(15-45-49(21,22)23)16-47-54(32,33)43-13-11-41-52(28,29)39-9-7-37-51(26,27)38-8-10-40-53(30,31)42-12-14-44-55(34,35)48-18-20(5-2)17-46-50(24,25)36-6-3/h19-20H,4-18H2,1-3H3,(H,24,25)(H,26,27)(H,28,29)(H,30,31)(H,32,33)(H,34,35)(H2,21,22,23). The molecule has 0 aromatic carbocycles. The lowest BCUT2D eigenvalue weighted by molar-refractivity contribution is 0.0711. The predicted octanol–water partition coefficient (Wildman–Crippen LogP) is 2.97. The molecule has 0 aliphatic rings. The average molecular weight is 954 g/mol. The monoisotopic (exact) mass is 954 g/mol. The van der Waals surface area contributed by atoms with Crippen LogP contribution in [-0.4, -0.2) is 125 Å². The maximum Gasteiger partial charge on any atom is 0.472 e. The van der Waals surface area contributed by atoms with Gasteiger partial charge in [0, 0.05) is 11.8 Å². The molecular weight excluding hydrogens is 905 g/mol. The molecule has 8 N–H and O–H groups in total. The van der Waals surface area contributed by atoms with Gasteiger partial charge < -0.3 is 39.1 Å². The minimum absolute atomic E-state index is 0.0890. The topological polar surface area (TPSA) is 401 Å². The Balaban J connectivity index is 4.29. The lowest BCUT2D eigenvalue weighted by atomic mass is 10.1. The van der Waals surface area contributed by atoms with E-state index in [1.165, 1.54) is 6.92 Å². The van der Waals surface area contributed by atoms with Gasteiger partial charge in [0.1, 0.15) is 0 Å². The van der Waals surface area contributed by atoms with Gasteiger partial charge in [-0.15, -0.1) is 0 Å². The van der Waals surface area contributed by atoms with Gasteiger partial charge >= 0.3 is 54.8 Å². The third-order valence-corrected chi connectivity index (χ3v) is 12.3. The van der Waals surface area contributed by atoms with Crippen LogP contribution in [0.3, 0.4) is 0 Å². The minimum atomic E-state index is -4.86. The fraction of sp³-hybridized carbons (Fsp3) is 1.00. The van der Waals surface area contributed by atoms with E-state index in [9.17, 15) is 61.3 Å². The molecule has 0 aromatic rings. The van der Waals surface area contributed by atoms with Crippen molar-refractivity contribution in [3.05, 3.63) is 0 Å². The Hall–Kier alpha value is 0.770. The third kappa shape index (κ3) is 32.2. The van der Waals surface area contributed by atoms with Crippen LogP contribution in [0.2, 0.25) is 0 Å². The van der Waals surface area contributed by atoms with Crippen LogP contribution >= 0.6 is 54.8 Å². The number of phosphoric acid groups is 7. The first-order valence-corrected chi connectivity index (χ1v) is 26.1. The molecule has 0 heterocycles. The van der Waals surface area contributed by atoms with Crippen molar-refractivity contribution >= 4 is 54.8 Å². The van der Waals surface area contributed by atoms with Crippen molar-refractivity contribution in [2.45, 2.75) is 33.6 Å². The Morgan fingerprint density at radius 1 is 0.327 bits per heavy atom. The molecule has 0 aliphatic heterocycles. The molecule has 0 aromatic heterocycles. The highest BCUT2D eigenvalue weighted by molar-refractivity contribution is 7.49. The molecule has 0 radical (unpaired) electrons. The molecule has 35 heteroatoms. The van der Waals surface area contributed by atoms with Gasteiger partial charge in [-0.05, 0) is 19.8 Å². The maximum absolute atomic E-state index is 12.0. The first-order valence-electron chi connectivity index (χ1n) is 15.6. The molecule has 0 bridgehead atoms. The summed E-state index contributed by atoms with van der Waals surface area (Å²) in [5, 5.41) is 0. The lowest BCUT2D eigenvalue weighted by Gasteiger charge is -2.19. The molecule has 0 fully saturated rings. The molecule has 8 unspecified atom stereocenters. The van der Waals surface area contributed by atoms with E-state index in [0.717, 1.165) is 0 Å². The van der Waals surface area contributed by atoms with Gasteiger partial charge in [-0.2, -0.15) is 0 Å². The van der Waals surface area contributed by atoms with Crippen molar-refractivity contribution in [1.29, 1.82) is 0 Å². The molecule has 8 atom stereocenters. The van der Waals surface area contributed by atoms with E-state index < -0.39 is 139 Å². The van der Waals surface area contributed by atoms with Crippen molar-refractivity contribution in [2.75, 3.05) is 85.9 Å². The van der Waals surface area contributed by atoms with E-state index in [1.807, 2.05) is 0 Å². The maximum atomic E-state index is 12.0. The largest absolute Gasteiger partial charge is 0.472 e. The van der Waals surface area contributed by atoms with Gasteiger partial charge in [-0.1, -0.05) is 13.8 Å². The Morgan fingerprint density at radius 2 is 0.527 bits per heavy atom. The van der Waals surface area contributed by atoms with Crippen molar-refractivity contribution < 1.29 is 130 Å². The van der Waals surface area contributed by atoms with Gasteiger partial charge in [0.25, 0.3) is 0 Å². The van der Waals surface area contributed by atoms with E-state index in [4.69, 9.17) is 18.8 Å². The van der Waals surface area contributed by atoms with E-state index in [1.54, 1.807) is 13.8 Å². The summed E-state index contributed by atoms with van der Waals surface area (Å²) in [5.74, 6) is -1.30. The second-order valence-electron chi connectivity index (χ2n) is 10.1. The van der Waals surface area contributed by atoms with Crippen molar-refractivity contribution in [2.24, 2.45) is 11.8 Å². The van der Waals surface area contributed by atoms with E-state index in [0.29, 0.717) is 6.42 Å². The van der Waals surface area contributed by atoms with Crippen LogP contribution < -0.4 is 0 Å². The van der Waals surface area contributed by atoms with Gasteiger partial charge in [-0.25, -0.2) is 32.0 Å². The summed E-state index contributed by atoms with van der Waals surface area (Å²) in [5.41, 5.74) is 0. The highest BCUT2D eigenvalue weighted by atomic mass is 31.2. The van der Waals surface area contributed by atoms with Gasteiger partial charge in [-0.3, -0.25) is 58.8 Å². The second kappa shape index (κ2) is 26.9. The molecule has 0 amide bonds. The number of phosphoric ester groups is 7. The molecule has 0 rings (SSSR count). The zero-order valence-electron chi connectivity index (χ0n) is 29.6.